The molecule has 0 saturated heterocycles. The highest BCUT2D eigenvalue weighted by Gasteiger charge is 2.15. The van der Waals surface area contributed by atoms with Gasteiger partial charge in [0, 0.05) is 12.3 Å². The Kier molecular flexibility index (Phi) is 2.46. The van der Waals surface area contributed by atoms with Crippen molar-refractivity contribution in [1.29, 1.82) is 0 Å². The molecule has 0 radical (unpaired) electrons. The Bertz CT molecular complexity index is 641. The van der Waals surface area contributed by atoms with Gasteiger partial charge in [0.25, 0.3) is 0 Å². The summed E-state index contributed by atoms with van der Waals surface area (Å²) in [5.41, 5.74) is 2.16. The first-order valence-corrected chi connectivity index (χ1v) is 5.16. The lowest BCUT2D eigenvalue weighted by atomic mass is 10.1. The molecule has 0 unspecified atom stereocenters. The van der Waals surface area contributed by atoms with Crippen LogP contribution in [0.15, 0.2) is 12.1 Å². The van der Waals surface area contributed by atoms with Crippen LogP contribution in [0.4, 0.5) is 0 Å². The number of hydrogen-bond donors (Lipinski definition) is 1. The van der Waals surface area contributed by atoms with Crippen LogP contribution in [0.25, 0.3) is 10.9 Å². The summed E-state index contributed by atoms with van der Waals surface area (Å²) in [5.74, 6) is -1.16. The Balaban J connectivity index is 2.85. The molecule has 0 aliphatic rings. The number of carboxylic acids is 1. The molecule has 0 atom stereocenters. The number of fused-ring (bicyclic) bond motifs is 1. The zero-order chi connectivity index (χ0) is 12.7. The zero-order valence-electron chi connectivity index (χ0n) is 9.81. The summed E-state index contributed by atoms with van der Waals surface area (Å²) in [5, 5.41) is 13.8. The molecule has 1 N–H and O–H groups in total. The van der Waals surface area contributed by atoms with Gasteiger partial charge in [-0.2, -0.15) is 5.10 Å². The average molecular weight is 232 g/mol. The van der Waals surface area contributed by atoms with Gasteiger partial charge in [-0.15, -0.1) is 0 Å². The van der Waals surface area contributed by atoms with Crippen LogP contribution in [-0.4, -0.2) is 26.8 Å². The van der Waals surface area contributed by atoms with Crippen LogP contribution < -0.4 is 0 Å². The van der Waals surface area contributed by atoms with Crippen molar-refractivity contribution in [2.75, 3.05) is 0 Å². The lowest BCUT2D eigenvalue weighted by Crippen LogP contribution is -2.07. The van der Waals surface area contributed by atoms with Gasteiger partial charge in [-0.25, -0.2) is 9.48 Å². The minimum Gasteiger partial charge on any atom is -0.478 e. The zero-order valence-corrected chi connectivity index (χ0v) is 9.81. The Hall–Kier alpha value is -2.17. The molecular weight excluding hydrogens is 220 g/mol. The number of nitrogens with zero attached hydrogens (tertiary/aromatic N) is 2. The van der Waals surface area contributed by atoms with E-state index in [4.69, 9.17) is 5.11 Å². The van der Waals surface area contributed by atoms with Gasteiger partial charge < -0.3 is 5.11 Å². The van der Waals surface area contributed by atoms with E-state index in [-0.39, 0.29) is 11.5 Å². The molecule has 1 aromatic heterocycles. The molecule has 1 aromatic carbocycles. The largest absolute Gasteiger partial charge is 0.478 e. The van der Waals surface area contributed by atoms with Crippen LogP contribution in [0.3, 0.4) is 0 Å². The maximum absolute atomic E-state index is 11.4. The van der Waals surface area contributed by atoms with Crippen LogP contribution in [0, 0.1) is 13.8 Å². The van der Waals surface area contributed by atoms with Gasteiger partial charge in [0.05, 0.1) is 16.8 Å². The van der Waals surface area contributed by atoms with Crippen molar-refractivity contribution in [2.45, 2.75) is 20.8 Å². The van der Waals surface area contributed by atoms with Gasteiger partial charge in [0.1, 0.15) is 0 Å². The topological polar surface area (TPSA) is 72.2 Å². The normalized spacial score (nSPS) is 10.8. The molecule has 0 spiro atoms. The highest BCUT2D eigenvalue weighted by atomic mass is 16.4. The summed E-state index contributed by atoms with van der Waals surface area (Å²) in [4.78, 5) is 22.4. The molecule has 1 heterocycles. The predicted octanol–water partition coefficient (Wildman–Crippen LogP) is 2.01. The predicted molar refractivity (Wildman–Crippen MR) is 62.5 cm³/mol. The van der Waals surface area contributed by atoms with Crippen molar-refractivity contribution < 1.29 is 14.7 Å². The number of aryl methyl sites for hydroxylation is 2. The molecule has 0 aliphatic carbocycles. The molecule has 17 heavy (non-hydrogen) atoms. The Morgan fingerprint density at radius 3 is 2.47 bits per heavy atom. The summed E-state index contributed by atoms with van der Waals surface area (Å²) in [6.07, 6.45) is 0. The van der Waals surface area contributed by atoms with Crippen LogP contribution in [0.1, 0.15) is 33.3 Å². The summed E-state index contributed by atoms with van der Waals surface area (Å²) in [7, 11) is 0. The lowest BCUT2D eigenvalue weighted by Gasteiger charge is -2.02. The van der Waals surface area contributed by atoms with E-state index in [1.165, 1.54) is 11.6 Å². The standard InChI is InChI=1S/C12H12N2O3/c1-6-4-11-10(5-9(6)12(16)17)7(2)13-14(11)8(3)15/h4-5H,1-3H3,(H,16,17). The van der Waals surface area contributed by atoms with Gasteiger partial charge in [-0.1, -0.05) is 0 Å². The minimum atomic E-state index is -0.973. The number of carbonyl (C=O) groups excluding carboxylic acids is 1. The van der Waals surface area contributed by atoms with Crippen molar-refractivity contribution in [1.82, 2.24) is 9.78 Å². The number of carboxylic acid groups (broad SMARTS) is 1. The van der Waals surface area contributed by atoms with E-state index in [9.17, 15) is 9.59 Å². The quantitative estimate of drug-likeness (QED) is 0.816. The minimum absolute atomic E-state index is 0.189. The maximum atomic E-state index is 11.4. The first-order valence-electron chi connectivity index (χ1n) is 5.16. The first-order chi connectivity index (χ1) is 7.91. The third-order valence-corrected chi connectivity index (χ3v) is 2.74. The smallest absolute Gasteiger partial charge is 0.335 e. The second kappa shape index (κ2) is 3.69. The maximum Gasteiger partial charge on any atom is 0.335 e. The number of rotatable bonds is 1. The number of aromatic nitrogens is 2. The summed E-state index contributed by atoms with van der Waals surface area (Å²) in [6.45, 7) is 4.88. The van der Waals surface area contributed by atoms with E-state index in [0.717, 1.165) is 0 Å². The van der Waals surface area contributed by atoms with Gasteiger partial charge in [-0.3, -0.25) is 4.79 Å². The van der Waals surface area contributed by atoms with Gasteiger partial charge >= 0.3 is 5.97 Å². The second-order valence-electron chi connectivity index (χ2n) is 4.01. The Morgan fingerprint density at radius 2 is 1.94 bits per heavy atom. The van der Waals surface area contributed by atoms with E-state index in [1.54, 1.807) is 26.0 Å². The fourth-order valence-corrected chi connectivity index (χ4v) is 1.89. The van der Waals surface area contributed by atoms with Gasteiger partial charge in [-0.05, 0) is 31.5 Å². The third-order valence-electron chi connectivity index (χ3n) is 2.74. The van der Waals surface area contributed by atoms with Gasteiger partial charge in [0.2, 0.25) is 5.91 Å². The van der Waals surface area contributed by atoms with Crippen LogP contribution in [-0.2, 0) is 0 Å². The Morgan fingerprint density at radius 1 is 1.29 bits per heavy atom. The second-order valence-corrected chi connectivity index (χ2v) is 4.01. The molecule has 0 amide bonds. The molecular formula is C12H12N2O3. The van der Waals surface area contributed by atoms with Crippen LogP contribution in [0.2, 0.25) is 0 Å². The van der Waals surface area contributed by atoms with E-state index in [2.05, 4.69) is 5.10 Å². The highest BCUT2D eigenvalue weighted by Crippen LogP contribution is 2.22. The fourth-order valence-electron chi connectivity index (χ4n) is 1.89. The van der Waals surface area contributed by atoms with E-state index < -0.39 is 5.97 Å². The molecule has 0 fully saturated rings. The summed E-state index contributed by atoms with van der Waals surface area (Å²) in [6, 6.07) is 3.24. The van der Waals surface area contributed by atoms with Crippen molar-refractivity contribution >= 4 is 22.8 Å². The van der Waals surface area contributed by atoms with E-state index in [1.807, 2.05) is 0 Å². The van der Waals surface area contributed by atoms with Crippen LogP contribution in [0.5, 0.6) is 0 Å². The molecule has 88 valence electrons. The molecule has 2 rings (SSSR count). The monoisotopic (exact) mass is 232 g/mol. The SMILES string of the molecule is CC(=O)n1nc(C)c2cc(C(=O)O)c(C)cc21. The van der Waals surface area contributed by atoms with Gasteiger partial charge in [0.15, 0.2) is 0 Å². The van der Waals surface area contributed by atoms with Crippen molar-refractivity contribution in [3.05, 3.63) is 29.0 Å². The summed E-state index contributed by atoms with van der Waals surface area (Å²) >= 11 is 0. The molecule has 2 aromatic rings. The molecule has 0 saturated carbocycles. The molecule has 0 bridgehead atoms. The number of carbonyl (C=O) groups is 2. The number of hydrogen-bond acceptors (Lipinski definition) is 3. The first kappa shape index (κ1) is 11.3. The molecule has 0 aliphatic heterocycles. The number of benzene rings is 1. The van der Waals surface area contributed by atoms with Crippen molar-refractivity contribution in [3.63, 3.8) is 0 Å². The highest BCUT2D eigenvalue weighted by molar-refractivity contribution is 5.98. The average Bonchev–Trinajstić information content (AvgIpc) is 2.54. The number of aromatic carboxylic acids is 1. The van der Waals surface area contributed by atoms with Crippen molar-refractivity contribution in [2.24, 2.45) is 0 Å². The van der Waals surface area contributed by atoms with Crippen LogP contribution >= 0.6 is 0 Å². The fraction of sp³-hybridized carbons (Fsp3) is 0.250. The Labute approximate surface area is 97.7 Å². The van der Waals surface area contributed by atoms with E-state index in [0.29, 0.717) is 22.2 Å². The summed E-state index contributed by atoms with van der Waals surface area (Å²) < 4.78 is 1.29. The third kappa shape index (κ3) is 1.69. The van der Waals surface area contributed by atoms with E-state index >= 15 is 0 Å². The lowest BCUT2D eigenvalue weighted by molar-refractivity contribution is 0.0696. The molecule has 5 heteroatoms. The van der Waals surface area contributed by atoms with Crippen molar-refractivity contribution in [3.8, 4) is 0 Å². The molecule has 5 nitrogen and oxygen atoms in total.